The van der Waals surface area contributed by atoms with Crippen LogP contribution >= 0.6 is 0 Å². The summed E-state index contributed by atoms with van der Waals surface area (Å²) < 4.78 is 0. The normalized spacial score (nSPS) is 19.1. The van der Waals surface area contributed by atoms with E-state index in [1.54, 1.807) is 0 Å². The molecule has 0 aromatic rings. The number of piperidine rings is 1. The third-order valence-corrected chi connectivity index (χ3v) is 3.24. The minimum absolute atomic E-state index is 0.423. The number of allylic oxidation sites excluding steroid dienone is 4. The molecule has 0 radical (unpaired) electrons. The summed E-state index contributed by atoms with van der Waals surface area (Å²) in [4.78, 5) is 2.50. The number of rotatable bonds is 5. The average molecular weight is 234 g/mol. The molecule has 0 unspecified atom stereocenters. The summed E-state index contributed by atoms with van der Waals surface area (Å²) in [6.07, 6.45) is 9.67. The molecule has 0 aliphatic carbocycles. The van der Waals surface area contributed by atoms with E-state index in [-0.39, 0.29) is 0 Å². The van der Waals surface area contributed by atoms with Crippen LogP contribution in [0.1, 0.15) is 33.1 Å². The topological polar surface area (TPSA) is 29.3 Å². The second-order valence-electron chi connectivity index (χ2n) is 5.12. The van der Waals surface area contributed by atoms with Crippen molar-refractivity contribution in [1.82, 2.24) is 4.90 Å². The molecule has 1 rings (SSSR count). The third kappa shape index (κ3) is 5.85. The lowest BCUT2D eigenvalue weighted by atomic mass is 10.0. The summed E-state index contributed by atoms with van der Waals surface area (Å²) in [6, 6.07) is 0.423. The molecule has 1 heterocycles. The van der Waals surface area contributed by atoms with Gasteiger partial charge >= 0.3 is 0 Å². The van der Waals surface area contributed by atoms with E-state index in [2.05, 4.69) is 37.5 Å². The molecule has 2 heteroatoms. The monoisotopic (exact) mass is 234 g/mol. The maximum absolute atomic E-state index is 5.90. The Kier molecular flexibility index (Phi) is 6.23. The second-order valence-corrected chi connectivity index (χ2v) is 5.12. The maximum atomic E-state index is 5.90. The maximum Gasteiger partial charge on any atom is 0.00631 e. The Hall–Kier alpha value is -0.860. The fourth-order valence-electron chi connectivity index (χ4n) is 1.99. The fraction of sp³-hybridized carbons (Fsp3) is 0.600. The summed E-state index contributed by atoms with van der Waals surface area (Å²) in [6.45, 7) is 11.5. The van der Waals surface area contributed by atoms with Crippen molar-refractivity contribution in [2.24, 2.45) is 5.73 Å². The first kappa shape index (κ1) is 14.2. The van der Waals surface area contributed by atoms with Gasteiger partial charge in [-0.1, -0.05) is 30.4 Å². The smallest absolute Gasteiger partial charge is 0.00631 e. The lowest BCUT2D eigenvalue weighted by Crippen LogP contribution is -2.40. The van der Waals surface area contributed by atoms with Crippen LogP contribution in [0.2, 0.25) is 0 Å². The van der Waals surface area contributed by atoms with Crippen LogP contribution < -0.4 is 5.73 Å². The zero-order valence-electron chi connectivity index (χ0n) is 11.3. The molecule has 0 saturated carbocycles. The van der Waals surface area contributed by atoms with Crippen LogP contribution in [0.4, 0.5) is 0 Å². The number of nitrogens with two attached hydrogens (primary N) is 1. The Morgan fingerprint density at radius 3 is 2.47 bits per heavy atom. The van der Waals surface area contributed by atoms with Crippen molar-refractivity contribution < 1.29 is 0 Å². The summed E-state index contributed by atoms with van der Waals surface area (Å²) >= 11 is 0. The van der Waals surface area contributed by atoms with Gasteiger partial charge in [0.05, 0.1) is 0 Å². The van der Waals surface area contributed by atoms with E-state index in [1.807, 2.05) is 6.08 Å². The minimum Gasteiger partial charge on any atom is -0.328 e. The van der Waals surface area contributed by atoms with Crippen molar-refractivity contribution >= 4 is 0 Å². The Morgan fingerprint density at radius 1 is 1.29 bits per heavy atom. The standard InChI is InChI=1S/C15H26N2/c1-4-14(6-5-13(2)3)7-10-17-11-8-15(16)9-12-17/h4-6,15H,1,7-12,16H2,2-3H3/b14-6+. The molecule has 1 aliphatic rings. The number of hydrogen-bond acceptors (Lipinski definition) is 2. The van der Waals surface area contributed by atoms with E-state index in [9.17, 15) is 0 Å². The molecule has 2 nitrogen and oxygen atoms in total. The van der Waals surface area contributed by atoms with E-state index in [0.29, 0.717) is 6.04 Å². The molecule has 0 aromatic carbocycles. The average Bonchev–Trinajstić information content (AvgIpc) is 2.31. The number of likely N-dealkylation sites (tertiary alicyclic amines) is 1. The van der Waals surface area contributed by atoms with Gasteiger partial charge in [0.15, 0.2) is 0 Å². The third-order valence-electron chi connectivity index (χ3n) is 3.24. The number of hydrogen-bond donors (Lipinski definition) is 1. The second kappa shape index (κ2) is 7.46. The van der Waals surface area contributed by atoms with Gasteiger partial charge in [-0.25, -0.2) is 0 Å². The Balaban J connectivity index is 2.35. The molecule has 0 amide bonds. The van der Waals surface area contributed by atoms with Gasteiger partial charge in [0.1, 0.15) is 0 Å². The summed E-state index contributed by atoms with van der Waals surface area (Å²) in [5.74, 6) is 0. The largest absolute Gasteiger partial charge is 0.328 e. The van der Waals surface area contributed by atoms with Gasteiger partial charge in [-0.15, -0.1) is 0 Å². The molecule has 1 saturated heterocycles. The van der Waals surface area contributed by atoms with Gasteiger partial charge in [-0.2, -0.15) is 0 Å². The molecule has 17 heavy (non-hydrogen) atoms. The van der Waals surface area contributed by atoms with Crippen molar-refractivity contribution in [1.29, 1.82) is 0 Å². The van der Waals surface area contributed by atoms with Gasteiger partial charge in [-0.05, 0) is 51.8 Å². The Bertz CT molecular complexity index is 290. The van der Waals surface area contributed by atoms with Crippen molar-refractivity contribution in [2.75, 3.05) is 19.6 Å². The molecule has 96 valence electrons. The van der Waals surface area contributed by atoms with Crippen LogP contribution in [0.15, 0.2) is 36.0 Å². The number of nitrogens with zero attached hydrogens (tertiary/aromatic N) is 1. The van der Waals surface area contributed by atoms with Crippen molar-refractivity contribution in [2.45, 2.75) is 39.2 Å². The highest BCUT2D eigenvalue weighted by Gasteiger charge is 2.15. The summed E-state index contributed by atoms with van der Waals surface area (Å²) in [5, 5.41) is 0. The minimum atomic E-state index is 0.423. The molecule has 1 aliphatic heterocycles. The SMILES string of the molecule is C=C/C(=C\C=C(C)C)CCN1CCC(N)CC1. The molecule has 1 fully saturated rings. The predicted octanol–water partition coefficient (Wildman–Crippen LogP) is 2.88. The molecule has 2 N–H and O–H groups in total. The van der Waals surface area contributed by atoms with Crippen LogP contribution in [-0.2, 0) is 0 Å². The zero-order chi connectivity index (χ0) is 12.7. The van der Waals surface area contributed by atoms with Crippen molar-refractivity contribution in [3.05, 3.63) is 36.0 Å². The molecule has 0 bridgehead atoms. The fourth-order valence-corrected chi connectivity index (χ4v) is 1.99. The quantitative estimate of drug-likeness (QED) is 0.741. The first-order valence-corrected chi connectivity index (χ1v) is 6.56. The van der Waals surface area contributed by atoms with Gasteiger partial charge in [0.2, 0.25) is 0 Å². The van der Waals surface area contributed by atoms with E-state index in [4.69, 9.17) is 5.73 Å². The van der Waals surface area contributed by atoms with Gasteiger partial charge in [-0.3, -0.25) is 0 Å². The first-order chi connectivity index (χ1) is 8.11. The van der Waals surface area contributed by atoms with Crippen LogP contribution in [0.3, 0.4) is 0 Å². The van der Waals surface area contributed by atoms with Gasteiger partial charge in [0, 0.05) is 12.6 Å². The van der Waals surface area contributed by atoms with E-state index in [0.717, 1.165) is 38.9 Å². The van der Waals surface area contributed by atoms with Crippen molar-refractivity contribution in [3.8, 4) is 0 Å². The van der Waals surface area contributed by atoms with Crippen molar-refractivity contribution in [3.63, 3.8) is 0 Å². The summed E-state index contributed by atoms with van der Waals surface area (Å²) in [5.41, 5.74) is 8.55. The van der Waals surface area contributed by atoms with Crippen LogP contribution in [0.25, 0.3) is 0 Å². The van der Waals surface area contributed by atoms with E-state index < -0.39 is 0 Å². The molecule has 0 aromatic heterocycles. The highest BCUT2D eigenvalue weighted by molar-refractivity contribution is 5.23. The van der Waals surface area contributed by atoms with Gasteiger partial charge < -0.3 is 10.6 Å². The Morgan fingerprint density at radius 2 is 1.94 bits per heavy atom. The molecular weight excluding hydrogens is 208 g/mol. The molecular formula is C15H26N2. The molecule has 0 atom stereocenters. The highest BCUT2D eigenvalue weighted by Crippen LogP contribution is 2.11. The highest BCUT2D eigenvalue weighted by atomic mass is 15.1. The predicted molar refractivity (Wildman–Crippen MR) is 76.0 cm³/mol. The molecule has 0 spiro atoms. The van der Waals surface area contributed by atoms with Crippen LogP contribution in [-0.4, -0.2) is 30.6 Å². The van der Waals surface area contributed by atoms with E-state index >= 15 is 0 Å². The van der Waals surface area contributed by atoms with Gasteiger partial charge in [0.25, 0.3) is 0 Å². The zero-order valence-corrected chi connectivity index (χ0v) is 11.3. The lowest BCUT2D eigenvalue weighted by Gasteiger charge is -2.30. The Labute approximate surface area is 106 Å². The lowest BCUT2D eigenvalue weighted by molar-refractivity contribution is 0.216. The van der Waals surface area contributed by atoms with Crippen LogP contribution in [0, 0.1) is 0 Å². The van der Waals surface area contributed by atoms with E-state index in [1.165, 1.54) is 11.1 Å². The first-order valence-electron chi connectivity index (χ1n) is 6.56. The van der Waals surface area contributed by atoms with Crippen LogP contribution in [0.5, 0.6) is 0 Å². The summed E-state index contributed by atoms with van der Waals surface area (Å²) in [7, 11) is 0.